The van der Waals surface area contributed by atoms with E-state index in [2.05, 4.69) is 14.7 Å². The SMILES string of the molecule is Nc1ncc(OC(F)F)c(Cl)n1. The Kier molecular flexibility index (Phi) is 2.59. The smallest absolute Gasteiger partial charge is 0.387 e. The molecule has 0 radical (unpaired) electrons. The Bertz CT molecular complexity index is 283. The number of hydrogen-bond acceptors (Lipinski definition) is 4. The van der Waals surface area contributed by atoms with Gasteiger partial charge < -0.3 is 10.5 Å². The molecule has 1 rings (SSSR count). The first-order valence-corrected chi connectivity index (χ1v) is 3.20. The van der Waals surface area contributed by atoms with Crippen LogP contribution in [0.4, 0.5) is 14.7 Å². The zero-order chi connectivity index (χ0) is 9.14. The maximum absolute atomic E-state index is 11.6. The first-order valence-electron chi connectivity index (χ1n) is 2.82. The molecule has 4 nitrogen and oxygen atoms in total. The molecule has 0 fully saturated rings. The minimum Gasteiger partial charge on any atom is -0.430 e. The van der Waals surface area contributed by atoms with Crippen molar-refractivity contribution < 1.29 is 13.5 Å². The van der Waals surface area contributed by atoms with E-state index in [9.17, 15) is 8.78 Å². The number of nitrogens with zero attached hydrogens (tertiary/aromatic N) is 2. The number of halogens is 3. The molecule has 2 N–H and O–H groups in total. The molecule has 0 saturated carbocycles. The Morgan fingerprint density at radius 1 is 1.58 bits per heavy atom. The highest BCUT2D eigenvalue weighted by Gasteiger charge is 2.09. The number of rotatable bonds is 2. The quantitative estimate of drug-likeness (QED) is 0.723. The van der Waals surface area contributed by atoms with E-state index in [1.807, 2.05) is 0 Å². The fourth-order valence-electron chi connectivity index (χ4n) is 0.538. The third-order valence-electron chi connectivity index (χ3n) is 0.946. The average molecular weight is 196 g/mol. The Morgan fingerprint density at radius 3 is 2.75 bits per heavy atom. The molecule has 12 heavy (non-hydrogen) atoms. The van der Waals surface area contributed by atoms with Crippen molar-refractivity contribution in [1.29, 1.82) is 0 Å². The summed E-state index contributed by atoms with van der Waals surface area (Å²) in [4.78, 5) is 6.82. The molecule has 0 amide bonds. The van der Waals surface area contributed by atoms with Gasteiger partial charge in [0.1, 0.15) is 0 Å². The van der Waals surface area contributed by atoms with Crippen LogP contribution in [0.1, 0.15) is 0 Å². The minimum atomic E-state index is -2.95. The van der Waals surface area contributed by atoms with E-state index < -0.39 is 6.61 Å². The van der Waals surface area contributed by atoms with Crippen LogP contribution < -0.4 is 10.5 Å². The highest BCUT2D eigenvalue weighted by molar-refractivity contribution is 6.30. The van der Waals surface area contributed by atoms with Crippen molar-refractivity contribution in [1.82, 2.24) is 9.97 Å². The molecule has 0 unspecified atom stereocenters. The second-order valence-corrected chi connectivity index (χ2v) is 2.12. The van der Waals surface area contributed by atoms with Gasteiger partial charge in [0.05, 0.1) is 6.20 Å². The molecule has 0 spiro atoms. The molecule has 1 aromatic heterocycles. The maximum Gasteiger partial charge on any atom is 0.387 e. The lowest BCUT2D eigenvalue weighted by molar-refractivity contribution is -0.0502. The van der Waals surface area contributed by atoms with E-state index in [1.54, 1.807) is 0 Å². The molecule has 66 valence electrons. The number of nitrogens with two attached hydrogens (primary N) is 1. The molecule has 0 atom stereocenters. The topological polar surface area (TPSA) is 61.0 Å². The highest BCUT2D eigenvalue weighted by atomic mass is 35.5. The van der Waals surface area contributed by atoms with Crippen molar-refractivity contribution in [2.45, 2.75) is 6.61 Å². The van der Waals surface area contributed by atoms with Crippen molar-refractivity contribution >= 4 is 17.5 Å². The molecule has 0 bridgehead atoms. The summed E-state index contributed by atoms with van der Waals surface area (Å²) >= 11 is 5.38. The van der Waals surface area contributed by atoms with Crippen LogP contribution in [0.2, 0.25) is 5.15 Å². The van der Waals surface area contributed by atoms with Gasteiger partial charge in [-0.3, -0.25) is 0 Å². The largest absolute Gasteiger partial charge is 0.430 e. The van der Waals surface area contributed by atoms with Gasteiger partial charge >= 0.3 is 6.61 Å². The third kappa shape index (κ3) is 2.16. The van der Waals surface area contributed by atoms with Gasteiger partial charge in [-0.2, -0.15) is 13.8 Å². The van der Waals surface area contributed by atoms with E-state index in [-0.39, 0.29) is 16.9 Å². The van der Waals surface area contributed by atoms with Crippen LogP contribution in [-0.2, 0) is 0 Å². The van der Waals surface area contributed by atoms with Gasteiger partial charge in [-0.05, 0) is 0 Å². The summed E-state index contributed by atoms with van der Waals surface area (Å²) in [5, 5.41) is -0.234. The monoisotopic (exact) mass is 195 g/mol. The standard InChI is InChI=1S/C5H4ClF2N3O/c6-3-2(12-4(7)8)1-10-5(9)11-3/h1,4H,(H2,9,10,11). The summed E-state index contributed by atoms with van der Waals surface area (Å²) in [5.41, 5.74) is 5.11. The summed E-state index contributed by atoms with van der Waals surface area (Å²) in [6.07, 6.45) is 0.983. The van der Waals surface area contributed by atoms with E-state index in [0.29, 0.717) is 0 Å². The summed E-state index contributed by atoms with van der Waals surface area (Å²) < 4.78 is 27.2. The Morgan fingerprint density at radius 2 is 2.25 bits per heavy atom. The lowest BCUT2D eigenvalue weighted by Gasteiger charge is -2.04. The van der Waals surface area contributed by atoms with Crippen LogP contribution in [0.25, 0.3) is 0 Å². The summed E-state index contributed by atoms with van der Waals surface area (Å²) in [7, 11) is 0. The van der Waals surface area contributed by atoms with E-state index in [1.165, 1.54) is 0 Å². The Labute approximate surface area is 71.3 Å². The van der Waals surface area contributed by atoms with Gasteiger partial charge in [0, 0.05) is 0 Å². The average Bonchev–Trinajstić information content (AvgIpc) is 1.94. The zero-order valence-electron chi connectivity index (χ0n) is 5.67. The lowest BCUT2D eigenvalue weighted by atomic mass is 10.6. The molecule has 0 aliphatic heterocycles. The van der Waals surface area contributed by atoms with Crippen molar-refractivity contribution in [3.8, 4) is 5.75 Å². The van der Waals surface area contributed by atoms with Gasteiger partial charge in [0.25, 0.3) is 0 Å². The van der Waals surface area contributed by atoms with Gasteiger partial charge in [0.15, 0.2) is 10.9 Å². The predicted molar refractivity (Wildman–Crippen MR) is 38.1 cm³/mol. The summed E-state index contributed by atoms with van der Waals surface area (Å²) in [5.74, 6) is -0.387. The second-order valence-electron chi connectivity index (χ2n) is 1.76. The first kappa shape index (κ1) is 8.92. The second kappa shape index (κ2) is 3.48. The third-order valence-corrected chi connectivity index (χ3v) is 1.22. The number of alkyl halides is 2. The van der Waals surface area contributed by atoms with Gasteiger partial charge in [-0.1, -0.05) is 11.6 Å². The Hall–Kier alpha value is -1.17. The Balaban J connectivity index is 2.86. The number of hydrogen-bond donors (Lipinski definition) is 1. The molecule has 1 heterocycles. The molecular weight excluding hydrogens is 192 g/mol. The molecule has 0 aliphatic rings. The normalized spacial score (nSPS) is 10.3. The molecule has 0 saturated heterocycles. The molecule has 1 aromatic rings. The van der Waals surface area contributed by atoms with E-state index in [0.717, 1.165) is 6.20 Å². The predicted octanol–water partition coefficient (Wildman–Crippen LogP) is 1.31. The molecule has 7 heteroatoms. The molecule has 0 aromatic carbocycles. The number of aromatic nitrogens is 2. The van der Waals surface area contributed by atoms with Gasteiger partial charge in [-0.25, -0.2) is 4.98 Å². The molecular formula is C5H4ClF2N3O. The maximum atomic E-state index is 11.6. The van der Waals surface area contributed by atoms with Crippen LogP contribution in [0, 0.1) is 0 Å². The summed E-state index contributed by atoms with van der Waals surface area (Å²) in [6, 6.07) is 0. The van der Waals surface area contributed by atoms with Crippen molar-refractivity contribution in [2.75, 3.05) is 5.73 Å². The number of ether oxygens (including phenoxy) is 1. The van der Waals surface area contributed by atoms with Crippen LogP contribution in [-0.4, -0.2) is 16.6 Å². The number of nitrogen functional groups attached to an aromatic ring is 1. The van der Waals surface area contributed by atoms with Crippen LogP contribution in [0.5, 0.6) is 5.75 Å². The number of anilines is 1. The van der Waals surface area contributed by atoms with E-state index in [4.69, 9.17) is 17.3 Å². The van der Waals surface area contributed by atoms with Gasteiger partial charge in [0.2, 0.25) is 5.95 Å². The fraction of sp³-hybridized carbons (Fsp3) is 0.200. The minimum absolute atomic E-state index is 0.0957. The van der Waals surface area contributed by atoms with Crippen molar-refractivity contribution in [3.05, 3.63) is 11.3 Å². The van der Waals surface area contributed by atoms with Gasteiger partial charge in [-0.15, -0.1) is 0 Å². The first-order chi connectivity index (χ1) is 5.59. The molecule has 0 aliphatic carbocycles. The van der Waals surface area contributed by atoms with Crippen LogP contribution in [0.3, 0.4) is 0 Å². The lowest BCUT2D eigenvalue weighted by Crippen LogP contribution is -2.04. The fourth-order valence-corrected chi connectivity index (χ4v) is 0.718. The zero-order valence-corrected chi connectivity index (χ0v) is 6.42. The summed E-state index contributed by atoms with van der Waals surface area (Å²) in [6.45, 7) is -2.95. The van der Waals surface area contributed by atoms with Crippen molar-refractivity contribution in [2.24, 2.45) is 0 Å². The van der Waals surface area contributed by atoms with E-state index >= 15 is 0 Å². The van der Waals surface area contributed by atoms with Crippen molar-refractivity contribution in [3.63, 3.8) is 0 Å². The van der Waals surface area contributed by atoms with Crippen LogP contribution >= 0.6 is 11.6 Å². The highest BCUT2D eigenvalue weighted by Crippen LogP contribution is 2.22. The van der Waals surface area contributed by atoms with Crippen LogP contribution in [0.15, 0.2) is 6.20 Å².